The number of nitrogens with zero attached hydrogens (tertiary/aromatic N) is 2. The molecule has 0 bridgehead atoms. The number of likely N-dealkylation sites (tertiary alicyclic amines) is 1. The predicted octanol–water partition coefficient (Wildman–Crippen LogP) is 3.91. The molecule has 3 aliphatic rings. The molecule has 4 nitrogen and oxygen atoms in total. The number of hydrogen-bond acceptors (Lipinski definition) is 3. The van der Waals surface area contributed by atoms with Crippen LogP contribution in [0.5, 0.6) is 0 Å². The Bertz CT molecular complexity index is 925. The first-order chi connectivity index (χ1) is 15.1. The van der Waals surface area contributed by atoms with Crippen molar-refractivity contribution in [2.45, 2.75) is 44.2 Å². The zero-order valence-electron chi connectivity index (χ0n) is 18.2. The number of amides is 1. The summed E-state index contributed by atoms with van der Waals surface area (Å²) in [7, 11) is 0. The second-order valence-corrected chi connectivity index (χ2v) is 10.1. The Labute approximate surface area is 190 Å². The Morgan fingerprint density at radius 1 is 1.13 bits per heavy atom. The third kappa shape index (κ3) is 4.52. The van der Waals surface area contributed by atoms with Crippen LogP contribution in [0.4, 0.5) is 0 Å². The molecular formula is C26H32ClN3O. The molecular weight excluding hydrogens is 406 g/mol. The highest BCUT2D eigenvalue weighted by atomic mass is 35.5. The van der Waals surface area contributed by atoms with Crippen LogP contribution in [-0.4, -0.2) is 54.0 Å². The summed E-state index contributed by atoms with van der Waals surface area (Å²) in [4.78, 5) is 18.3. The van der Waals surface area contributed by atoms with E-state index in [2.05, 4.69) is 39.4 Å². The average Bonchev–Trinajstić information content (AvgIpc) is 3.37. The fourth-order valence-corrected chi connectivity index (χ4v) is 5.94. The number of hydrogen-bond donors (Lipinski definition) is 1. The molecule has 5 rings (SSSR count). The Hall–Kier alpha value is -1.88. The third-order valence-electron chi connectivity index (χ3n) is 7.49. The van der Waals surface area contributed by atoms with Crippen molar-refractivity contribution in [1.82, 2.24) is 15.1 Å². The lowest BCUT2D eigenvalue weighted by Crippen LogP contribution is -2.54. The highest BCUT2D eigenvalue weighted by Gasteiger charge is 2.45. The Kier molecular flexibility index (Phi) is 6.05. The van der Waals surface area contributed by atoms with Crippen molar-refractivity contribution in [3.63, 3.8) is 0 Å². The van der Waals surface area contributed by atoms with E-state index in [0.29, 0.717) is 18.0 Å². The van der Waals surface area contributed by atoms with Gasteiger partial charge in [-0.2, -0.15) is 0 Å². The second-order valence-electron chi connectivity index (χ2n) is 9.63. The van der Waals surface area contributed by atoms with Gasteiger partial charge in [0.05, 0.1) is 6.42 Å². The molecule has 2 atom stereocenters. The van der Waals surface area contributed by atoms with Crippen molar-refractivity contribution in [3.05, 3.63) is 70.2 Å². The van der Waals surface area contributed by atoms with E-state index in [1.54, 1.807) is 0 Å². The van der Waals surface area contributed by atoms with Crippen molar-refractivity contribution in [3.8, 4) is 0 Å². The van der Waals surface area contributed by atoms with Gasteiger partial charge in [0.2, 0.25) is 5.91 Å². The SMILES string of the molecule is O=C(Cc1ccc(Cl)cc1)N1Cc2ccccc2CC2(CCCN2CC2CCNC2)C1. The minimum absolute atomic E-state index is 0.0604. The maximum absolute atomic E-state index is 13.5. The Balaban J connectivity index is 1.42. The van der Waals surface area contributed by atoms with Gasteiger partial charge in [0.25, 0.3) is 0 Å². The van der Waals surface area contributed by atoms with Crippen LogP contribution >= 0.6 is 11.6 Å². The van der Waals surface area contributed by atoms with Crippen molar-refractivity contribution in [1.29, 1.82) is 0 Å². The average molecular weight is 438 g/mol. The summed E-state index contributed by atoms with van der Waals surface area (Å²) in [5.74, 6) is 0.944. The maximum Gasteiger partial charge on any atom is 0.227 e. The van der Waals surface area contributed by atoms with Crippen molar-refractivity contribution in [2.75, 3.05) is 32.7 Å². The van der Waals surface area contributed by atoms with E-state index in [1.165, 1.54) is 30.4 Å². The van der Waals surface area contributed by atoms with E-state index >= 15 is 0 Å². The van der Waals surface area contributed by atoms with Crippen LogP contribution in [0, 0.1) is 5.92 Å². The largest absolute Gasteiger partial charge is 0.336 e. The van der Waals surface area contributed by atoms with Gasteiger partial charge < -0.3 is 10.2 Å². The van der Waals surface area contributed by atoms with Gasteiger partial charge in [0.15, 0.2) is 0 Å². The summed E-state index contributed by atoms with van der Waals surface area (Å²) in [5.41, 5.74) is 3.81. The molecule has 5 heteroatoms. The molecule has 2 saturated heterocycles. The van der Waals surface area contributed by atoms with Crippen LogP contribution in [0.25, 0.3) is 0 Å². The molecule has 0 saturated carbocycles. The lowest BCUT2D eigenvalue weighted by Gasteiger charge is -2.42. The Morgan fingerprint density at radius 3 is 2.71 bits per heavy atom. The minimum Gasteiger partial charge on any atom is -0.336 e. The van der Waals surface area contributed by atoms with Gasteiger partial charge in [-0.05, 0) is 80.1 Å². The number of carbonyl (C=O) groups excluding carboxylic acids is 1. The zero-order chi connectivity index (χ0) is 21.3. The van der Waals surface area contributed by atoms with E-state index in [0.717, 1.165) is 50.6 Å². The number of benzene rings is 2. The zero-order valence-corrected chi connectivity index (χ0v) is 18.9. The highest BCUT2D eigenvalue weighted by molar-refractivity contribution is 6.30. The van der Waals surface area contributed by atoms with E-state index in [9.17, 15) is 4.79 Å². The quantitative estimate of drug-likeness (QED) is 0.787. The van der Waals surface area contributed by atoms with Gasteiger partial charge in [0.1, 0.15) is 0 Å². The van der Waals surface area contributed by atoms with Crippen molar-refractivity contribution >= 4 is 17.5 Å². The molecule has 2 fully saturated rings. The van der Waals surface area contributed by atoms with Crippen LogP contribution < -0.4 is 5.32 Å². The Morgan fingerprint density at radius 2 is 1.94 bits per heavy atom. The lowest BCUT2D eigenvalue weighted by atomic mass is 9.86. The highest BCUT2D eigenvalue weighted by Crippen LogP contribution is 2.38. The van der Waals surface area contributed by atoms with Crippen LogP contribution in [0.15, 0.2) is 48.5 Å². The minimum atomic E-state index is 0.0604. The van der Waals surface area contributed by atoms with Gasteiger partial charge >= 0.3 is 0 Å². The van der Waals surface area contributed by atoms with E-state index < -0.39 is 0 Å². The van der Waals surface area contributed by atoms with Crippen molar-refractivity contribution < 1.29 is 4.79 Å². The van der Waals surface area contributed by atoms with Crippen molar-refractivity contribution in [2.24, 2.45) is 5.92 Å². The van der Waals surface area contributed by atoms with E-state index in [1.807, 2.05) is 24.3 Å². The molecule has 0 aliphatic carbocycles. The molecule has 1 spiro atoms. The summed E-state index contributed by atoms with van der Waals surface area (Å²) in [6.07, 6.45) is 5.14. The van der Waals surface area contributed by atoms with Crippen LogP contribution in [-0.2, 0) is 24.2 Å². The monoisotopic (exact) mass is 437 g/mol. The van der Waals surface area contributed by atoms with Gasteiger partial charge in [-0.3, -0.25) is 9.69 Å². The fraction of sp³-hybridized carbons (Fsp3) is 0.500. The first-order valence-electron chi connectivity index (χ1n) is 11.7. The van der Waals surface area contributed by atoms with Gasteiger partial charge in [-0.25, -0.2) is 0 Å². The number of halogens is 1. The number of rotatable bonds is 4. The standard InChI is InChI=1S/C26H32ClN3O/c27-24-8-6-20(7-9-24)14-25(31)29-18-23-5-2-1-4-22(23)15-26(19-29)11-3-13-30(26)17-21-10-12-28-16-21/h1-2,4-9,21,28H,3,10-19H2. The summed E-state index contributed by atoms with van der Waals surface area (Å²) >= 11 is 6.04. The molecule has 164 valence electrons. The molecule has 1 amide bonds. The first kappa shape index (κ1) is 21.0. The number of nitrogens with one attached hydrogen (secondary N) is 1. The lowest BCUT2D eigenvalue weighted by molar-refractivity contribution is -0.132. The molecule has 2 unspecified atom stereocenters. The molecule has 1 N–H and O–H groups in total. The van der Waals surface area contributed by atoms with Crippen LogP contribution in [0.1, 0.15) is 36.0 Å². The summed E-state index contributed by atoms with van der Waals surface area (Å²) in [6, 6.07) is 16.4. The van der Waals surface area contributed by atoms with Gasteiger partial charge in [0, 0.05) is 30.2 Å². The first-order valence-corrected chi connectivity index (χ1v) is 12.0. The van der Waals surface area contributed by atoms with Crippen LogP contribution in [0.3, 0.4) is 0 Å². The maximum atomic E-state index is 13.5. The predicted molar refractivity (Wildman–Crippen MR) is 125 cm³/mol. The van der Waals surface area contributed by atoms with E-state index in [-0.39, 0.29) is 11.4 Å². The second kappa shape index (κ2) is 8.93. The summed E-state index contributed by atoms with van der Waals surface area (Å²) in [6.45, 7) is 6.10. The summed E-state index contributed by atoms with van der Waals surface area (Å²) < 4.78 is 0. The molecule has 0 aromatic heterocycles. The molecule has 2 aromatic carbocycles. The molecule has 2 aromatic rings. The fourth-order valence-electron chi connectivity index (χ4n) is 5.82. The smallest absolute Gasteiger partial charge is 0.227 e. The third-order valence-corrected chi connectivity index (χ3v) is 7.74. The topological polar surface area (TPSA) is 35.6 Å². The van der Waals surface area contributed by atoms with Crippen LogP contribution in [0.2, 0.25) is 5.02 Å². The number of fused-ring (bicyclic) bond motifs is 1. The molecule has 3 heterocycles. The molecule has 3 aliphatic heterocycles. The molecule has 0 radical (unpaired) electrons. The number of carbonyl (C=O) groups is 1. The van der Waals surface area contributed by atoms with Gasteiger partial charge in [-0.1, -0.05) is 48.0 Å². The molecule has 31 heavy (non-hydrogen) atoms. The van der Waals surface area contributed by atoms with Gasteiger partial charge in [-0.15, -0.1) is 0 Å². The normalized spacial score (nSPS) is 26.2. The summed E-state index contributed by atoms with van der Waals surface area (Å²) in [5, 5.41) is 4.23. The van der Waals surface area contributed by atoms with E-state index in [4.69, 9.17) is 11.6 Å².